The lowest BCUT2D eigenvalue weighted by atomic mass is 10.0. The lowest BCUT2D eigenvalue weighted by Crippen LogP contribution is -2.14. The Labute approximate surface area is 69.2 Å². The Morgan fingerprint density at radius 3 is 3.00 bits per heavy atom. The summed E-state index contributed by atoms with van der Waals surface area (Å²) in [6.07, 6.45) is 0.669. The van der Waals surface area contributed by atoms with Gasteiger partial charge in [0.05, 0.1) is 5.69 Å². The molecule has 1 unspecified atom stereocenters. The second kappa shape index (κ2) is 4.38. The van der Waals surface area contributed by atoms with Crippen LogP contribution in [0, 0.1) is 0 Å². The fraction of sp³-hybridized carbons (Fsp3) is 0.667. The van der Waals surface area contributed by atoms with Gasteiger partial charge in [0, 0.05) is 24.4 Å². The molecule has 3 N–H and O–H groups in total. The lowest BCUT2D eigenvalue weighted by molar-refractivity contribution is 0.275. The Kier molecular flexibility index (Phi) is 3.41. The summed E-state index contributed by atoms with van der Waals surface area (Å²) in [4.78, 5) is 0. The van der Waals surface area contributed by atoms with Crippen molar-refractivity contribution in [3.8, 4) is 0 Å². The van der Waals surface area contributed by atoms with Crippen molar-refractivity contribution in [3.05, 3.63) is 11.1 Å². The molecule has 1 atom stereocenters. The quantitative estimate of drug-likeness (QED) is 0.670. The predicted molar refractivity (Wildman–Crippen MR) is 43.4 cm³/mol. The van der Waals surface area contributed by atoms with Crippen molar-refractivity contribution in [1.29, 1.82) is 0 Å². The first-order chi connectivity index (χ1) is 5.38. The van der Waals surface area contributed by atoms with Gasteiger partial charge in [-0.15, -0.1) is 5.10 Å². The highest BCUT2D eigenvalue weighted by Gasteiger charge is 2.10. The first-order valence-corrected chi connectivity index (χ1v) is 4.30. The minimum absolute atomic E-state index is 0.152. The molecule has 0 fully saturated rings. The zero-order chi connectivity index (χ0) is 8.10. The maximum Gasteiger partial charge on any atom is 0.0799 e. The maximum atomic E-state index is 8.67. The van der Waals surface area contributed by atoms with Crippen molar-refractivity contribution in [3.63, 3.8) is 0 Å². The molecule has 0 aliphatic heterocycles. The second-order valence-electron chi connectivity index (χ2n) is 2.27. The Hall–Kier alpha value is -0.520. The molecule has 0 aliphatic carbocycles. The molecule has 1 heterocycles. The van der Waals surface area contributed by atoms with Gasteiger partial charge in [-0.3, -0.25) is 0 Å². The molecule has 4 nitrogen and oxygen atoms in total. The van der Waals surface area contributed by atoms with E-state index in [1.807, 2.05) is 5.38 Å². The van der Waals surface area contributed by atoms with Crippen LogP contribution in [0.15, 0.2) is 5.38 Å². The van der Waals surface area contributed by atoms with Gasteiger partial charge in [-0.2, -0.15) is 0 Å². The van der Waals surface area contributed by atoms with Crippen LogP contribution in [0.5, 0.6) is 0 Å². The highest BCUT2D eigenvalue weighted by molar-refractivity contribution is 7.03. The minimum Gasteiger partial charge on any atom is -0.396 e. The summed E-state index contributed by atoms with van der Waals surface area (Å²) in [5.41, 5.74) is 6.37. The van der Waals surface area contributed by atoms with Crippen LogP contribution in [0.4, 0.5) is 0 Å². The molecule has 5 heteroatoms. The van der Waals surface area contributed by atoms with E-state index in [0.29, 0.717) is 13.0 Å². The minimum atomic E-state index is 0.152. The van der Waals surface area contributed by atoms with Crippen LogP contribution in [-0.2, 0) is 0 Å². The van der Waals surface area contributed by atoms with E-state index in [1.165, 1.54) is 11.5 Å². The van der Waals surface area contributed by atoms with Crippen LogP contribution in [0.2, 0.25) is 0 Å². The van der Waals surface area contributed by atoms with Crippen LogP contribution in [-0.4, -0.2) is 27.8 Å². The largest absolute Gasteiger partial charge is 0.396 e. The molecular weight excluding hydrogens is 162 g/mol. The van der Waals surface area contributed by atoms with E-state index in [-0.39, 0.29) is 12.5 Å². The van der Waals surface area contributed by atoms with Crippen LogP contribution in [0.1, 0.15) is 18.0 Å². The van der Waals surface area contributed by atoms with Crippen molar-refractivity contribution < 1.29 is 5.11 Å². The van der Waals surface area contributed by atoms with Crippen molar-refractivity contribution in [2.24, 2.45) is 5.73 Å². The zero-order valence-electron chi connectivity index (χ0n) is 6.10. The molecule has 11 heavy (non-hydrogen) atoms. The summed E-state index contributed by atoms with van der Waals surface area (Å²) in [6.45, 7) is 0.672. The number of hydrogen-bond donors (Lipinski definition) is 2. The molecular formula is C6H11N3OS. The summed E-state index contributed by atoms with van der Waals surface area (Å²) in [5, 5.41) is 14.4. The normalized spacial score (nSPS) is 13.3. The van der Waals surface area contributed by atoms with Gasteiger partial charge in [-0.1, -0.05) is 4.49 Å². The van der Waals surface area contributed by atoms with E-state index in [1.54, 1.807) is 0 Å². The van der Waals surface area contributed by atoms with E-state index in [4.69, 9.17) is 10.8 Å². The maximum absolute atomic E-state index is 8.67. The van der Waals surface area contributed by atoms with Crippen LogP contribution in [0.3, 0.4) is 0 Å². The van der Waals surface area contributed by atoms with Gasteiger partial charge in [0.2, 0.25) is 0 Å². The van der Waals surface area contributed by atoms with Gasteiger partial charge >= 0.3 is 0 Å². The molecule has 0 radical (unpaired) electrons. The van der Waals surface area contributed by atoms with E-state index < -0.39 is 0 Å². The third-order valence-electron chi connectivity index (χ3n) is 1.56. The van der Waals surface area contributed by atoms with Crippen LogP contribution in [0.25, 0.3) is 0 Å². The van der Waals surface area contributed by atoms with Crippen LogP contribution < -0.4 is 5.73 Å². The third kappa shape index (κ3) is 2.21. The monoisotopic (exact) mass is 173 g/mol. The number of nitrogens with zero attached hydrogens (tertiary/aromatic N) is 2. The van der Waals surface area contributed by atoms with Crippen molar-refractivity contribution in [2.75, 3.05) is 13.2 Å². The predicted octanol–water partition coefficient (Wildman–Crippen LogP) is -0.0372. The third-order valence-corrected chi connectivity index (χ3v) is 2.08. The highest BCUT2D eigenvalue weighted by atomic mass is 32.1. The molecule has 1 aromatic heterocycles. The molecule has 0 aromatic carbocycles. The molecule has 0 spiro atoms. The second-order valence-corrected chi connectivity index (χ2v) is 2.88. The van der Waals surface area contributed by atoms with E-state index in [2.05, 4.69) is 9.59 Å². The Morgan fingerprint density at radius 2 is 2.55 bits per heavy atom. The highest BCUT2D eigenvalue weighted by Crippen LogP contribution is 2.15. The van der Waals surface area contributed by atoms with Crippen molar-refractivity contribution in [1.82, 2.24) is 9.59 Å². The summed E-state index contributed by atoms with van der Waals surface area (Å²) >= 11 is 1.31. The molecule has 62 valence electrons. The Bertz CT molecular complexity index is 190. The summed E-state index contributed by atoms with van der Waals surface area (Å²) < 4.78 is 3.73. The van der Waals surface area contributed by atoms with Gasteiger partial charge in [0.25, 0.3) is 0 Å². The van der Waals surface area contributed by atoms with Crippen molar-refractivity contribution in [2.45, 2.75) is 12.3 Å². The molecule has 0 bridgehead atoms. The molecule has 1 rings (SSSR count). The average molecular weight is 173 g/mol. The zero-order valence-corrected chi connectivity index (χ0v) is 6.92. The summed E-state index contributed by atoms with van der Waals surface area (Å²) in [6, 6.07) is 0. The smallest absolute Gasteiger partial charge is 0.0799 e. The average Bonchev–Trinajstić information content (AvgIpc) is 2.52. The topological polar surface area (TPSA) is 72.0 Å². The van der Waals surface area contributed by atoms with Crippen molar-refractivity contribution >= 4 is 11.5 Å². The number of aliphatic hydroxyl groups excluding tert-OH is 1. The number of aliphatic hydroxyl groups is 1. The molecule has 0 saturated carbocycles. The molecule has 0 amide bonds. The van der Waals surface area contributed by atoms with Crippen LogP contribution >= 0.6 is 11.5 Å². The first-order valence-electron chi connectivity index (χ1n) is 3.46. The van der Waals surface area contributed by atoms with Gasteiger partial charge < -0.3 is 10.8 Å². The molecule has 0 saturated heterocycles. The molecule has 0 aliphatic rings. The SMILES string of the molecule is NCC(CCO)c1csnn1. The first kappa shape index (κ1) is 8.58. The van der Waals surface area contributed by atoms with Gasteiger partial charge in [0.1, 0.15) is 0 Å². The lowest BCUT2D eigenvalue weighted by Gasteiger charge is -2.07. The Morgan fingerprint density at radius 1 is 1.73 bits per heavy atom. The van der Waals surface area contributed by atoms with E-state index >= 15 is 0 Å². The summed E-state index contributed by atoms with van der Waals surface area (Å²) in [5.74, 6) is 0.166. The van der Waals surface area contributed by atoms with E-state index in [9.17, 15) is 0 Å². The number of hydrogen-bond acceptors (Lipinski definition) is 5. The van der Waals surface area contributed by atoms with Gasteiger partial charge in [0.15, 0.2) is 0 Å². The number of aromatic nitrogens is 2. The summed E-state index contributed by atoms with van der Waals surface area (Å²) in [7, 11) is 0. The molecule has 1 aromatic rings. The van der Waals surface area contributed by atoms with E-state index in [0.717, 1.165) is 5.69 Å². The van der Waals surface area contributed by atoms with Gasteiger partial charge in [-0.25, -0.2) is 0 Å². The fourth-order valence-electron chi connectivity index (χ4n) is 0.892. The number of rotatable bonds is 4. The number of nitrogens with two attached hydrogens (primary N) is 1. The Balaban J connectivity index is 2.56. The van der Waals surface area contributed by atoms with Gasteiger partial charge in [-0.05, 0) is 18.0 Å². The standard InChI is InChI=1S/C6H11N3OS/c7-3-5(1-2-10)6-4-11-9-8-6/h4-5,10H,1-3,7H2. The fourth-order valence-corrected chi connectivity index (χ4v) is 1.43.